The van der Waals surface area contributed by atoms with Gasteiger partial charge >= 0.3 is 0 Å². The molecule has 0 nitrogen and oxygen atoms in total. The molecular weight excluding hydrogens is 201 g/mol. The van der Waals surface area contributed by atoms with E-state index in [9.17, 15) is 13.2 Å². The van der Waals surface area contributed by atoms with Crippen LogP contribution in [0.25, 0.3) is 10.8 Å². The number of benzene rings is 2. The molecule has 2 aromatic rings. The molecule has 0 saturated carbocycles. The van der Waals surface area contributed by atoms with E-state index in [4.69, 9.17) is 0 Å². The van der Waals surface area contributed by atoms with E-state index >= 15 is 0 Å². The first-order chi connectivity index (χ1) is 7.00. The molecule has 0 radical (unpaired) electrons. The van der Waals surface area contributed by atoms with Gasteiger partial charge in [0.2, 0.25) is 0 Å². The average molecular weight is 210 g/mol. The molecule has 3 heteroatoms. The molecule has 0 aliphatic carbocycles. The smallest absolute Gasteiger partial charge is 0.134 e. The van der Waals surface area contributed by atoms with Gasteiger partial charge < -0.3 is 0 Å². The van der Waals surface area contributed by atoms with E-state index in [1.807, 2.05) is 0 Å². The van der Waals surface area contributed by atoms with E-state index < -0.39 is 17.5 Å². The molecule has 0 aromatic heterocycles. The number of rotatable bonds is 0. The van der Waals surface area contributed by atoms with Gasteiger partial charge in [0.05, 0.1) is 0 Å². The van der Waals surface area contributed by atoms with Crippen molar-refractivity contribution < 1.29 is 13.2 Å². The zero-order chi connectivity index (χ0) is 11.2. The maximum absolute atomic E-state index is 13.6. The first kappa shape index (κ1) is 10.0. The third-order valence-corrected chi connectivity index (χ3v) is 2.48. The molecule has 2 rings (SSSR count). The maximum Gasteiger partial charge on any atom is 0.134 e. The lowest BCUT2D eigenvalue weighted by molar-refractivity contribution is 0.601. The minimum absolute atomic E-state index is 0.00407. The Kier molecular flexibility index (Phi) is 2.18. The first-order valence-corrected chi connectivity index (χ1v) is 4.55. The highest BCUT2D eigenvalue weighted by Crippen LogP contribution is 2.26. The predicted octanol–water partition coefficient (Wildman–Crippen LogP) is 3.87. The van der Waals surface area contributed by atoms with E-state index in [-0.39, 0.29) is 16.3 Å². The van der Waals surface area contributed by atoms with Crippen molar-refractivity contribution in [2.24, 2.45) is 0 Å². The molecule has 15 heavy (non-hydrogen) atoms. The molecule has 0 heterocycles. The SMILES string of the molecule is Cc1cc2c(F)cc(C)c(F)c2cc1F. The summed E-state index contributed by atoms with van der Waals surface area (Å²) in [5.74, 6) is -1.61. The van der Waals surface area contributed by atoms with E-state index in [1.54, 1.807) is 0 Å². The molecule has 2 aromatic carbocycles. The van der Waals surface area contributed by atoms with Gasteiger partial charge in [-0.25, -0.2) is 13.2 Å². The maximum atomic E-state index is 13.6. The van der Waals surface area contributed by atoms with E-state index in [1.165, 1.54) is 19.9 Å². The number of fused-ring (bicyclic) bond motifs is 1. The Morgan fingerprint density at radius 1 is 0.733 bits per heavy atom. The summed E-state index contributed by atoms with van der Waals surface area (Å²) in [7, 11) is 0. The second-order valence-electron chi connectivity index (χ2n) is 3.64. The van der Waals surface area contributed by atoms with E-state index in [2.05, 4.69) is 0 Å². The first-order valence-electron chi connectivity index (χ1n) is 4.55. The normalized spacial score (nSPS) is 11.0. The summed E-state index contributed by atoms with van der Waals surface area (Å²) < 4.78 is 40.2. The minimum atomic E-state index is -0.565. The highest BCUT2D eigenvalue weighted by molar-refractivity contribution is 5.85. The van der Waals surface area contributed by atoms with Crippen molar-refractivity contribution >= 4 is 10.8 Å². The Balaban J connectivity index is 2.97. The summed E-state index contributed by atoms with van der Waals surface area (Å²) in [6.07, 6.45) is 0. The molecule has 0 unspecified atom stereocenters. The van der Waals surface area contributed by atoms with Crippen LogP contribution < -0.4 is 0 Å². The van der Waals surface area contributed by atoms with Crippen LogP contribution >= 0.6 is 0 Å². The number of hydrogen-bond acceptors (Lipinski definition) is 0. The predicted molar refractivity (Wildman–Crippen MR) is 53.3 cm³/mol. The molecule has 78 valence electrons. The monoisotopic (exact) mass is 210 g/mol. The average Bonchev–Trinajstić information content (AvgIpc) is 2.18. The topological polar surface area (TPSA) is 0 Å². The highest BCUT2D eigenvalue weighted by Gasteiger charge is 2.11. The molecule has 0 fully saturated rings. The van der Waals surface area contributed by atoms with Gasteiger partial charge in [-0.15, -0.1) is 0 Å². The van der Waals surface area contributed by atoms with Crippen LogP contribution in [0.15, 0.2) is 18.2 Å². The second kappa shape index (κ2) is 3.26. The van der Waals surface area contributed by atoms with Gasteiger partial charge in [-0.3, -0.25) is 0 Å². The van der Waals surface area contributed by atoms with E-state index in [0.29, 0.717) is 5.56 Å². The zero-order valence-electron chi connectivity index (χ0n) is 8.37. The summed E-state index contributed by atoms with van der Waals surface area (Å²) in [5.41, 5.74) is 0.493. The molecule has 0 N–H and O–H groups in total. The third-order valence-electron chi connectivity index (χ3n) is 2.48. The number of hydrogen-bond donors (Lipinski definition) is 0. The van der Waals surface area contributed by atoms with Gasteiger partial charge in [-0.1, -0.05) is 0 Å². The van der Waals surface area contributed by atoms with Gasteiger partial charge in [0.1, 0.15) is 17.5 Å². The Bertz CT molecular complexity index is 544. The van der Waals surface area contributed by atoms with E-state index in [0.717, 1.165) is 12.1 Å². The van der Waals surface area contributed by atoms with Crippen molar-refractivity contribution in [1.29, 1.82) is 0 Å². The van der Waals surface area contributed by atoms with Crippen LogP contribution in [-0.2, 0) is 0 Å². The molecule has 0 atom stereocenters. The van der Waals surface area contributed by atoms with Gasteiger partial charge in [0.25, 0.3) is 0 Å². The lowest BCUT2D eigenvalue weighted by Crippen LogP contribution is -1.92. The third kappa shape index (κ3) is 1.48. The van der Waals surface area contributed by atoms with Crippen molar-refractivity contribution in [2.75, 3.05) is 0 Å². The summed E-state index contributed by atoms with van der Waals surface area (Å²) >= 11 is 0. The Morgan fingerprint density at radius 2 is 1.40 bits per heavy atom. The highest BCUT2D eigenvalue weighted by atomic mass is 19.1. The van der Waals surface area contributed by atoms with Gasteiger partial charge in [0, 0.05) is 10.8 Å². The van der Waals surface area contributed by atoms with Crippen LogP contribution in [0, 0.1) is 31.3 Å². The van der Waals surface area contributed by atoms with Crippen LogP contribution in [0.1, 0.15) is 11.1 Å². The minimum Gasteiger partial charge on any atom is -0.207 e. The number of aryl methyl sites for hydroxylation is 2. The molecule has 0 saturated heterocycles. The fourth-order valence-corrected chi connectivity index (χ4v) is 1.60. The summed E-state index contributed by atoms with van der Waals surface area (Å²) in [4.78, 5) is 0. The lowest BCUT2D eigenvalue weighted by Gasteiger charge is -2.06. The fraction of sp³-hybridized carbons (Fsp3) is 0.167. The summed E-state index contributed by atoms with van der Waals surface area (Å²) in [6, 6.07) is 3.48. The molecule has 0 spiro atoms. The number of halogens is 3. The molecule has 0 bridgehead atoms. The molecule has 0 amide bonds. The van der Waals surface area contributed by atoms with Crippen LogP contribution in [0.4, 0.5) is 13.2 Å². The zero-order valence-corrected chi connectivity index (χ0v) is 8.37. The molecule has 0 aliphatic rings. The van der Waals surface area contributed by atoms with Crippen LogP contribution in [-0.4, -0.2) is 0 Å². The molecule has 0 aliphatic heterocycles. The van der Waals surface area contributed by atoms with Crippen molar-refractivity contribution in [2.45, 2.75) is 13.8 Å². The Morgan fingerprint density at radius 3 is 2.07 bits per heavy atom. The standard InChI is InChI=1S/C12H9F3/c1-6-3-8-9(5-10(6)13)12(15)7(2)4-11(8)14/h3-5H,1-2H3. The largest absolute Gasteiger partial charge is 0.207 e. The summed E-state index contributed by atoms with van der Waals surface area (Å²) in [5, 5.41) is 0.118. The van der Waals surface area contributed by atoms with Gasteiger partial charge in [-0.05, 0) is 43.2 Å². The quantitative estimate of drug-likeness (QED) is 0.619. The van der Waals surface area contributed by atoms with Crippen molar-refractivity contribution in [3.63, 3.8) is 0 Å². The van der Waals surface area contributed by atoms with Crippen LogP contribution in [0.5, 0.6) is 0 Å². The fourth-order valence-electron chi connectivity index (χ4n) is 1.60. The second-order valence-corrected chi connectivity index (χ2v) is 3.64. The lowest BCUT2D eigenvalue weighted by atomic mass is 10.0. The van der Waals surface area contributed by atoms with Crippen molar-refractivity contribution in [1.82, 2.24) is 0 Å². The van der Waals surface area contributed by atoms with Gasteiger partial charge in [0.15, 0.2) is 0 Å². The van der Waals surface area contributed by atoms with Crippen molar-refractivity contribution in [3.05, 3.63) is 46.8 Å². The van der Waals surface area contributed by atoms with Crippen molar-refractivity contribution in [3.8, 4) is 0 Å². The van der Waals surface area contributed by atoms with Crippen LogP contribution in [0.2, 0.25) is 0 Å². The Labute approximate surface area is 85.3 Å². The molecular formula is C12H9F3. The summed E-state index contributed by atoms with van der Waals surface area (Å²) in [6.45, 7) is 2.97. The van der Waals surface area contributed by atoms with Crippen LogP contribution in [0.3, 0.4) is 0 Å². The van der Waals surface area contributed by atoms with Gasteiger partial charge in [-0.2, -0.15) is 0 Å². The Hall–Kier alpha value is -1.51.